The fraction of sp³-hybridized carbons (Fsp3) is 0.389. The third-order valence-corrected chi connectivity index (χ3v) is 6.10. The molecule has 0 unspecified atom stereocenters. The lowest BCUT2D eigenvalue weighted by Crippen LogP contribution is -2.44. The minimum atomic E-state index is -0.480. The molecular weight excluding hydrogens is 374 g/mol. The van der Waals surface area contributed by atoms with E-state index in [1.54, 1.807) is 11.3 Å². The van der Waals surface area contributed by atoms with Gasteiger partial charge >= 0.3 is 0 Å². The first-order valence-electron chi connectivity index (χ1n) is 8.43. The van der Waals surface area contributed by atoms with Crippen molar-refractivity contribution < 1.29 is 9.72 Å². The molecule has 2 heterocycles. The summed E-state index contributed by atoms with van der Waals surface area (Å²) in [7, 11) is 0. The highest BCUT2D eigenvalue weighted by Crippen LogP contribution is 2.39. The molecule has 0 aliphatic carbocycles. The Bertz CT molecular complexity index is 822. The van der Waals surface area contributed by atoms with E-state index in [0.29, 0.717) is 18.2 Å². The largest absolute Gasteiger partial charge is 0.351 e. The van der Waals surface area contributed by atoms with E-state index >= 15 is 0 Å². The predicted molar refractivity (Wildman–Crippen MR) is 103 cm³/mol. The van der Waals surface area contributed by atoms with Gasteiger partial charge in [-0.25, -0.2) is 0 Å². The first-order chi connectivity index (χ1) is 12.4. The number of nitro groups is 1. The van der Waals surface area contributed by atoms with Gasteiger partial charge in [0.1, 0.15) is 0 Å². The molecule has 0 saturated carbocycles. The van der Waals surface area contributed by atoms with Crippen LogP contribution in [-0.4, -0.2) is 34.9 Å². The van der Waals surface area contributed by atoms with E-state index in [-0.39, 0.29) is 17.6 Å². The van der Waals surface area contributed by atoms with Crippen molar-refractivity contribution in [3.05, 3.63) is 60.8 Å². The van der Waals surface area contributed by atoms with Gasteiger partial charge in [0.05, 0.1) is 9.26 Å². The van der Waals surface area contributed by atoms with Gasteiger partial charge in [0.2, 0.25) is 0 Å². The van der Waals surface area contributed by atoms with Crippen LogP contribution in [0.25, 0.3) is 0 Å². The average molecular weight is 394 g/mol. The topological polar surface area (TPSA) is 75.5 Å². The summed E-state index contributed by atoms with van der Waals surface area (Å²) in [5, 5.41) is 13.6. The molecule has 2 aromatic rings. The lowest BCUT2D eigenvalue weighted by atomic mass is 9.96. The van der Waals surface area contributed by atoms with E-state index in [0.717, 1.165) is 17.3 Å². The highest BCUT2D eigenvalue weighted by molar-refractivity contribution is 7.16. The van der Waals surface area contributed by atoms with Crippen molar-refractivity contribution in [3.63, 3.8) is 0 Å². The van der Waals surface area contributed by atoms with Gasteiger partial charge in [-0.2, -0.15) is 0 Å². The minimum absolute atomic E-state index is 0.0252. The molecule has 0 radical (unpaired) electrons. The molecule has 0 saturated heterocycles. The number of nitrogens with one attached hydrogen (secondary N) is 1. The van der Waals surface area contributed by atoms with Gasteiger partial charge < -0.3 is 5.32 Å². The smallest absolute Gasteiger partial charge is 0.269 e. The van der Waals surface area contributed by atoms with Crippen LogP contribution in [-0.2, 0) is 6.42 Å². The van der Waals surface area contributed by atoms with Crippen LogP contribution < -0.4 is 5.32 Å². The maximum atomic E-state index is 12.2. The second-order valence-corrected chi connectivity index (χ2v) is 8.22. The Labute approximate surface area is 160 Å². The number of halogens is 1. The van der Waals surface area contributed by atoms with E-state index in [9.17, 15) is 14.9 Å². The van der Waals surface area contributed by atoms with E-state index < -0.39 is 4.92 Å². The Hall–Kier alpha value is -1.96. The second-order valence-electron chi connectivity index (χ2n) is 6.46. The van der Waals surface area contributed by atoms with Crippen molar-refractivity contribution in [1.29, 1.82) is 0 Å². The molecule has 1 aromatic carbocycles. The molecular formula is C18H20ClN3O3S. The number of nitrogens with zero attached hydrogens (tertiary/aromatic N) is 2. The SMILES string of the molecule is C[C@@H]1Cc2sc(Cl)cc2[C@H](C)N1CCNC(=O)c1ccc([N+](=O)[O-])cc1. The molecule has 0 spiro atoms. The van der Waals surface area contributed by atoms with Crippen LogP contribution in [0.15, 0.2) is 30.3 Å². The maximum absolute atomic E-state index is 12.2. The van der Waals surface area contributed by atoms with E-state index in [1.165, 1.54) is 34.7 Å². The third-order valence-electron chi connectivity index (χ3n) is 4.80. The number of thiophene rings is 1. The lowest BCUT2D eigenvalue weighted by molar-refractivity contribution is -0.384. The van der Waals surface area contributed by atoms with Crippen LogP contribution in [0.4, 0.5) is 5.69 Å². The van der Waals surface area contributed by atoms with Crippen LogP contribution in [0.2, 0.25) is 4.34 Å². The monoisotopic (exact) mass is 393 g/mol. The molecule has 1 aliphatic rings. The van der Waals surface area contributed by atoms with Crippen LogP contribution >= 0.6 is 22.9 Å². The van der Waals surface area contributed by atoms with Crippen molar-refractivity contribution in [1.82, 2.24) is 10.2 Å². The predicted octanol–water partition coefficient (Wildman–Crippen LogP) is 4.05. The number of fused-ring (bicyclic) bond motifs is 1. The first-order valence-corrected chi connectivity index (χ1v) is 9.62. The average Bonchev–Trinajstić information content (AvgIpc) is 2.98. The Morgan fingerprint density at radius 3 is 2.73 bits per heavy atom. The van der Waals surface area contributed by atoms with Crippen LogP contribution in [0, 0.1) is 10.1 Å². The van der Waals surface area contributed by atoms with E-state index in [1.807, 2.05) is 6.07 Å². The number of benzene rings is 1. The van der Waals surface area contributed by atoms with Gasteiger partial charge in [-0.3, -0.25) is 19.8 Å². The molecule has 1 amide bonds. The quantitative estimate of drug-likeness (QED) is 0.614. The second kappa shape index (κ2) is 7.73. The Morgan fingerprint density at radius 2 is 2.08 bits per heavy atom. The third kappa shape index (κ3) is 3.90. The molecule has 3 rings (SSSR count). The normalized spacial score (nSPS) is 19.8. The highest BCUT2D eigenvalue weighted by Gasteiger charge is 2.30. The van der Waals surface area contributed by atoms with Crippen LogP contribution in [0.3, 0.4) is 0 Å². The Kier molecular flexibility index (Phi) is 5.60. The summed E-state index contributed by atoms with van der Waals surface area (Å²) < 4.78 is 0.822. The minimum Gasteiger partial charge on any atom is -0.351 e. The molecule has 1 aliphatic heterocycles. The van der Waals surface area contributed by atoms with Gasteiger partial charge in [0.15, 0.2) is 0 Å². The Balaban J connectivity index is 1.57. The molecule has 26 heavy (non-hydrogen) atoms. The Morgan fingerprint density at radius 1 is 1.38 bits per heavy atom. The number of hydrogen-bond acceptors (Lipinski definition) is 5. The first kappa shape index (κ1) is 18.8. The zero-order valence-corrected chi connectivity index (χ0v) is 16.1. The molecule has 6 nitrogen and oxygen atoms in total. The number of nitro benzene ring substituents is 1. The van der Waals surface area contributed by atoms with Crippen molar-refractivity contribution >= 4 is 34.5 Å². The summed E-state index contributed by atoms with van der Waals surface area (Å²) in [6, 6.07) is 8.30. The van der Waals surface area contributed by atoms with Crippen molar-refractivity contribution in [2.45, 2.75) is 32.4 Å². The molecule has 138 valence electrons. The molecule has 2 atom stereocenters. The fourth-order valence-corrected chi connectivity index (χ4v) is 4.91. The summed E-state index contributed by atoms with van der Waals surface area (Å²) >= 11 is 7.81. The fourth-order valence-electron chi connectivity index (χ4n) is 3.42. The highest BCUT2D eigenvalue weighted by atomic mass is 35.5. The number of carbonyl (C=O) groups excluding carboxylic acids is 1. The van der Waals surface area contributed by atoms with Crippen LogP contribution in [0.1, 0.15) is 40.7 Å². The van der Waals surface area contributed by atoms with Crippen molar-refractivity contribution in [3.8, 4) is 0 Å². The van der Waals surface area contributed by atoms with Gasteiger partial charge in [0, 0.05) is 47.7 Å². The number of rotatable bonds is 5. The summed E-state index contributed by atoms with van der Waals surface area (Å²) in [6.45, 7) is 5.59. The number of amides is 1. The molecule has 0 fully saturated rings. The summed E-state index contributed by atoms with van der Waals surface area (Å²) in [6.07, 6.45) is 0.966. The lowest BCUT2D eigenvalue weighted by Gasteiger charge is -2.39. The maximum Gasteiger partial charge on any atom is 0.269 e. The van der Waals surface area contributed by atoms with E-state index in [4.69, 9.17) is 11.6 Å². The molecule has 1 aromatic heterocycles. The van der Waals surface area contributed by atoms with Gasteiger partial charge in [-0.15, -0.1) is 11.3 Å². The molecule has 0 bridgehead atoms. The van der Waals surface area contributed by atoms with Crippen molar-refractivity contribution in [2.24, 2.45) is 0 Å². The summed E-state index contributed by atoms with van der Waals surface area (Å²) in [5.74, 6) is -0.225. The molecule has 1 N–H and O–H groups in total. The van der Waals surface area contributed by atoms with Crippen LogP contribution in [0.5, 0.6) is 0 Å². The summed E-state index contributed by atoms with van der Waals surface area (Å²) in [4.78, 5) is 26.1. The summed E-state index contributed by atoms with van der Waals surface area (Å²) in [5.41, 5.74) is 1.67. The molecule has 8 heteroatoms. The number of non-ortho nitro benzene ring substituents is 1. The van der Waals surface area contributed by atoms with E-state index in [2.05, 4.69) is 24.1 Å². The zero-order chi connectivity index (χ0) is 18.8. The number of hydrogen-bond donors (Lipinski definition) is 1. The van der Waals surface area contributed by atoms with Gasteiger partial charge in [-0.05, 0) is 44.0 Å². The van der Waals surface area contributed by atoms with Crippen molar-refractivity contribution in [2.75, 3.05) is 13.1 Å². The zero-order valence-electron chi connectivity index (χ0n) is 14.6. The van der Waals surface area contributed by atoms with Gasteiger partial charge in [-0.1, -0.05) is 11.6 Å². The standard InChI is InChI=1S/C18H20ClN3O3S/c1-11-9-16-15(10-17(19)26-16)12(2)21(11)8-7-20-18(23)13-3-5-14(6-4-13)22(24)25/h3-6,10-12H,7-9H2,1-2H3,(H,20,23)/t11-,12+/m1/s1. The number of carbonyl (C=O) groups is 1. The van der Waals surface area contributed by atoms with Gasteiger partial charge in [0.25, 0.3) is 11.6 Å².